The van der Waals surface area contributed by atoms with Gasteiger partial charge in [-0.25, -0.2) is 4.79 Å². The molecule has 0 bridgehead atoms. The van der Waals surface area contributed by atoms with Crippen molar-refractivity contribution >= 4 is 5.97 Å². The molecule has 1 aromatic heterocycles. The van der Waals surface area contributed by atoms with Gasteiger partial charge >= 0.3 is 5.97 Å². The molecule has 0 fully saturated rings. The quantitative estimate of drug-likeness (QED) is 0.817. The lowest BCUT2D eigenvalue weighted by Gasteiger charge is -2.19. The van der Waals surface area contributed by atoms with Crippen molar-refractivity contribution in [3.63, 3.8) is 0 Å². The van der Waals surface area contributed by atoms with Crippen LogP contribution in [-0.2, 0) is 6.42 Å². The van der Waals surface area contributed by atoms with E-state index in [0.29, 0.717) is 24.6 Å². The van der Waals surface area contributed by atoms with Gasteiger partial charge in [-0.2, -0.15) is 0 Å². The molecular weight excluding hydrogens is 294 g/mol. The van der Waals surface area contributed by atoms with Crippen molar-refractivity contribution in [3.8, 4) is 5.75 Å². The van der Waals surface area contributed by atoms with Gasteiger partial charge in [-0.1, -0.05) is 26.0 Å². The van der Waals surface area contributed by atoms with E-state index in [1.807, 2.05) is 6.07 Å². The fourth-order valence-electron chi connectivity index (χ4n) is 2.60. The number of methoxy groups -OCH3 is 1. The van der Waals surface area contributed by atoms with Gasteiger partial charge in [-0.3, -0.25) is 0 Å². The van der Waals surface area contributed by atoms with Gasteiger partial charge in [0, 0.05) is 12.3 Å². The van der Waals surface area contributed by atoms with E-state index >= 15 is 0 Å². The number of carbonyl (C=O) groups is 1. The maximum absolute atomic E-state index is 10.9. The van der Waals surface area contributed by atoms with Gasteiger partial charge in [0.05, 0.1) is 7.11 Å². The summed E-state index contributed by atoms with van der Waals surface area (Å²) in [7, 11) is 1.64. The third kappa shape index (κ3) is 3.93. The summed E-state index contributed by atoms with van der Waals surface area (Å²) >= 11 is 0. The molecule has 23 heavy (non-hydrogen) atoms. The number of nitrogens with two attached hydrogens (primary N) is 1. The Morgan fingerprint density at radius 1 is 1.30 bits per heavy atom. The van der Waals surface area contributed by atoms with Gasteiger partial charge in [-0.15, -0.1) is 0 Å². The smallest absolute Gasteiger partial charge is 0.371 e. The van der Waals surface area contributed by atoms with E-state index in [4.69, 9.17) is 20.0 Å². The Bertz CT molecular complexity index is 675. The van der Waals surface area contributed by atoms with E-state index in [9.17, 15) is 4.79 Å². The first-order chi connectivity index (χ1) is 11.0. The number of rotatable bonds is 7. The minimum atomic E-state index is -1.07. The number of benzene rings is 1. The number of hydrogen-bond acceptors (Lipinski definition) is 4. The molecule has 0 aliphatic carbocycles. The SMILES string of the molecule is COc1ccc(C(C)C)cc1C(CN)Cc1ccc(C(=O)O)o1. The van der Waals surface area contributed by atoms with E-state index in [2.05, 4.69) is 26.0 Å². The minimum Gasteiger partial charge on any atom is -0.496 e. The molecule has 1 aromatic carbocycles. The first-order valence-corrected chi connectivity index (χ1v) is 7.66. The molecule has 1 unspecified atom stereocenters. The molecule has 5 nitrogen and oxygen atoms in total. The molecule has 2 aromatic rings. The van der Waals surface area contributed by atoms with Gasteiger partial charge < -0.3 is 20.0 Å². The summed E-state index contributed by atoms with van der Waals surface area (Å²) in [5.74, 6) is 0.667. The van der Waals surface area contributed by atoms with E-state index in [0.717, 1.165) is 11.3 Å². The second kappa shape index (κ2) is 7.33. The van der Waals surface area contributed by atoms with Crippen LogP contribution in [0.3, 0.4) is 0 Å². The fourth-order valence-corrected chi connectivity index (χ4v) is 2.60. The number of hydrogen-bond donors (Lipinski definition) is 2. The van der Waals surface area contributed by atoms with Crippen molar-refractivity contribution in [1.82, 2.24) is 0 Å². The minimum absolute atomic E-state index is 0.00329. The van der Waals surface area contributed by atoms with Crippen molar-refractivity contribution in [2.75, 3.05) is 13.7 Å². The Labute approximate surface area is 136 Å². The second-order valence-electron chi connectivity index (χ2n) is 5.86. The molecule has 5 heteroatoms. The number of carboxylic acids is 1. The Morgan fingerprint density at radius 2 is 2.04 bits per heavy atom. The largest absolute Gasteiger partial charge is 0.496 e. The number of aromatic carboxylic acids is 1. The van der Waals surface area contributed by atoms with Gasteiger partial charge in [0.25, 0.3) is 0 Å². The highest BCUT2D eigenvalue weighted by molar-refractivity contribution is 5.84. The first kappa shape index (κ1) is 17.1. The fraction of sp³-hybridized carbons (Fsp3) is 0.389. The monoisotopic (exact) mass is 317 g/mol. The van der Waals surface area contributed by atoms with Crippen molar-refractivity contribution in [2.45, 2.75) is 32.1 Å². The zero-order valence-corrected chi connectivity index (χ0v) is 13.7. The molecular formula is C18H23NO4. The lowest BCUT2D eigenvalue weighted by molar-refractivity contribution is 0.0660. The van der Waals surface area contributed by atoms with Crippen LogP contribution in [0.25, 0.3) is 0 Å². The van der Waals surface area contributed by atoms with Crippen LogP contribution in [0.1, 0.15) is 53.1 Å². The van der Waals surface area contributed by atoms with Crippen LogP contribution in [0.15, 0.2) is 34.7 Å². The molecule has 1 heterocycles. The molecule has 0 saturated carbocycles. The molecule has 0 aliphatic rings. The van der Waals surface area contributed by atoms with E-state index in [1.165, 1.54) is 11.6 Å². The van der Waals surface area contributed by atoms with Crippen LogP contribution in [0.5, 0.6) is 5.75 Å². The third-order valence-electron chi connectivity index (χ3n) is 3.96. The summed E-state index contributed by atoms with van der Waals surface area (Å²) in [6.07, 6.45) is 0.529. The van der Waals surface area contributed by atoms with Crippen molar-refractivity contribution in [3.05, 3.63) is 53.0 Å². The number of carboxylic acid groups (broad SMARTS) is 1. The van der Waals surface area contributed by atoms with Crippen molar-refractivity contribution < 1.29 is 19.1 Å². The van der Waals surface area contributed by atoms with Crippen LogP contribution < -0.4 is 10.5 Å². The second-order valence-corrected chi connectivity index (χ2v) is 5.86. The summed E-state index contributed by atoms with van der Waals surface area (Å²) in [6.45, 7) is 4.68. The molecule has 124 valence electrons. The first-order valence-electron chi connectivity index (χ1n) is 7.66. The van der Waals surface area contributed by atoms with Gasteiger partial charge in [-0.05, 0) is 41.8 Å². The maximum atomic E-state index is 10.9. The van der Waals surface area contributed by atoms with E-state index in [1.54, 1.807) is 13.2 Å². The normalized spacial score (nSPS) is 12.4. The average Bonchev–Trinajstić information content (AvgIpc) is 3.00. The van der Waals surface area contributed by atoms with Crippen LogP contribution in [-0.4, -0.2) is 24.7 Å². The molecule has 0 saturated heterocycles. The summed E-state index contributed by atoms with van der Waals surface area (Å²) in [4.78, 5) is 10.9. The van der Waals surface area contributed by atoms with Crippen molar-refractivity contribution in [2.24, 2.45) is 5.73 Å². The van der Waals surface area contributed by atoms with E-state index in [-0.39, 0.29) is 11.7 Å². The van der Waals surface area contributed by atoms with Gasteiger partial charge in [0.15, 0.2) is 0 Å². The van der Waals surface area contributed by atoms with Crippen LogP contribution in [0, 0.1) is 0 Å². The molecule has 0 amide bonds. The predicted octanol–water partition coefficient (Wildman–Crippen LogP) is 3.39. The number of ether oxygens (including phenoxy) is 1. The predicted molar refractivity (Wildman–Crippen MR) is 88.2 cm³/mol. The summed E-state index contributed by atoms with van der Waals surface area (Å²) in [5, 5.41) is 8.95. The topological polar surface area (TPSA) is 85.7 Å². The van der Waals surface area contributed by atoms with E-state index < -0.39 is 5.97 Å². The average molecular weight is 317 g/mol. The molecule has 0 spiro atoms. The Balaban J connectivity index is 2.31. The Morgan fingerprint density at radius 3 is 2.57 bits per heavy atom. The molecule has 3 N–H and O–H groups in total. The zero-order valence-electron chi connectivity index (χ0n) is 13.7. The Kier molecular flexibility index (Phi) is 5.45. The molecule has 2 rings (SSSR count). The van der Waals surface area contributed by atoms with Crippen LogP contribution >= 0.6 is 0 Å². The number of furan rings is 1. The molecule has 1 atom stereocenters. The lowest BCUT2D eigenvalue weighted by Crippen LogP contribution is -2.16. The standard InChI is InChI=1S/C18H23NO4/c1-11(2)12-4-6-16(22-3)15(9-12)13(10-19)8-14-5-7-17(23-14)18(20)21/h4-7,9,11,13H,8,10,19H2,1-3H3,(H,20,21). The highest BCUT2D eigenvalue weighted by atomic mass is 16.5. The van der Waals surface area contributed by atoms with Gasteiger partial charge in [0.1, 0.15) is 11.5 Å². The lowest BCUT2D eigenvalue weighted by atomic mass is 9.90. The molecule has 0 radical (unpaired) electrons. The highest BCUT2D eigenvalue weighted by Crippen LogP contribution is 2.32. The third-order valence-corrected chi connectivity index (χ3v) is 3.96. The van der Waals surface area contributed by atoms with Gasteiger partial charge in [0.2, 0.25) is 5.76 Å². The van der Waals surface area contributed by atoms with Crippen molar-refractivity contribution in [1.29, 1.82) is 0 Å². The molecule has 0 aliphatic heterocycles. The zero-order chi connectivity index (χ0) is 17.0. The summed E-state index contributed by atoms with van der Waals surface area (Å²) < 4.78 is 10.8. The highest BCUT2D eigenvalue weighted by Gasteiger charge is 2.19. The van der Waals surface area contributed by atoms with Crippen LogP contribution in [0.4, 0.5) is 0 Å². The van der Waals surface area contributed by atoms with Crippen LogP contribution in [0.2, 0.25) is 0 Å². The summed E-state index contributed by atoms with van der Waals surface area (Å²) in [5.41, 5.74) is 8.19. The maximum Gasteiger partial charge on any atom is 0.371 e. The Hall–Kier alpha value is -2.27. The summed E-state index contributed by atoms with van der Waals surface area (Å²) in [6, 6.07) is 9.27.